The summed E-state index contributed by atoms with van der Waals surface area (Å²) >= 11 is 0. The molecule has 0 unspecified atom stereocenters. The Balaban J connectivity index is 3.25. The third-order valence-corrected chi connectivity index (χ3v) is 4.54. The van der Waals surface area contributed by atoms with E-state index in [2.05, 4.69) is 0 Å². The van der Waals surface area contributed by atoms with Crippen molar-refractivity contribution in [3.63, 3.8) is 0 Å². The molecule has 1 aromatic rings. The second-order valence-electron chi connectivity index (χ2n) is 3.69. The van der Waals surface area contributed by atoms with Crippen molar-refractivity contribution >= 4 is 7.60 Å². The molecule has 0 atom stereocenters. The maximum atomic E-state index is 14.3. The summed E-state index contributed by atoms with van der Waals surface area (Å²) in [6.45, 7) is 4.34. The average Bonchev–Trinajstić information content (AvgIpc) is 2.29. The molecule has 0 fully saturated rings. The van der Waals surface area contributed by atoms with Crippen molar-refractivity contribution in [3.8, 4) is 0 Å². The van der Waals surface area contributed by atoms with Crippen molar-refractivity contribution in [2.24, 2.45) is 0 Å². The maximum absolute atomic E-state index is 14.3. The highest BCUT2D eigenvalue weighted by Gasteiger charge is 2.55. The Hall–Kier alpha value is -0.770. The minimum atomic E-state index is -4.50. The van der Waals surface area contributed by atoms with E-state index in [-0.39, 0.29) is 18.8 Å². The second kappa shape index (κ2) is 5.91. The van der Waals surface area contributed by atoms with Gasteiger partial charge in [0.1, 0.15) is 0 Å². The number of benzene rings is 1. The van der Waals surface area contributed by atoms with Gasteiger partial charge in [-0.05, 0) is 26.3 Å². The molecule has 0 aliphatic carbocycles. The predicted octanol–water partition coefficient (Wildman–Crippen LogP) is 4.31. The van der Waals surface area contributed by atoms with Crippen LogP contribution in [0.5, 0.6) is 0 Å². The summed E-state index contributed by atoms with van der Waals surface area (Å²) in [5.74, 6) is 0. The first kappa shape index (κ1) is 15.3. The number of halogens is 2. The first-order valence-electron chi connectivity index (χ1n) is 5.72. The highest BCUT2D eigenvalue weighted by molar-refractivity contribution is 7.54. The minimum Gasteiger partial charge on any atom is -0.304 e. The van der Waals surface area contributed by atoms with Crippen molar-refractivity contribution in [3.05, 3.63) is 35.4 Å². The van der Waals surface area contributed by atoms with E-state index in [9.17, 15) is 13.3 Å². The second-order valence-corrected chi connectivity index (χ2v) is 5.76. The van der Waals surface area contributed by atoms with Crippen LogP contribution in [0, 0.1) is 6.92 Å². The molecule has 6 heteroatoms. The molecule has 0 radical (unpaired) electrons. The van der Waals surface area contributed by atoms with Gasteiger partial charge in [-0.15, -0.1) is 0 Å². The van der Waals surface area contributed by atoms with Gasteiger partial charge in [-0.2, -0.15) is 8.78 Å². The molecule has 18 heavy (non-hydrogen) atoms. The summed E-state index contributed by atoms with van der Waals surface area (Å²) in [7, 11) is -4.50. The fourth-order valence-corrected chi connectivity index (χ4v) is 3.22. The largest absolute Gasteiger partial charge is 0.404 e. The van der Waals surface area contributed by atoms with Crippen molar-refractivity contribution in [2.75, 3.05) is 13.2 Å². The minimum absolute atomic E-state index is 0.0985. The van der Waals surface area contributed by atoms with E-state index in [1.165, 1.54) is 39.0 Å². The molecule has 1 rings (SSSR count). The average molecular weight is 278 g/mol. The Morgan fingerprint density at radius 2 is 1.67 bits per heavy atom. The van der Waals surface area contributed by atoms with Gasteiger partial charge in [0.2, 0.25) is 0 Å². The Kier molecular flexibility index (Phi) is 5.02. The van der Waals surface area contributed by atoms with Crippen LogP contribution in [0.1, 0.15) is 25.0 Å². The molecule has 0 heterocycles. The van der Waals surface area contributed by atoms with Crippen LogP contribution >= 0.6 is 7.60 Å². The molecule has 0 N–H and O–H groups in total. The zero-order chi connectivity index (χ0) is 13.8. The molecule has 3 nitrogen and oxygen atoms in total. The van der Waals surface area contributed by atoms with E-state index in [1.54, 1.807) is 6.07 Å². The molecular formula is C12H17F2O3P. The molecule has 102 valence electrons. The molecule has 0 spiro atoms. The molecule has 0 aromatic heterocycles. The molecular weight excluding hydrogens is 261 g/mol. The zero-order valence-electron chi connectivity index (χ0n) is 10.7. The highest BCUT2D eigenvalue weighted by Crippen LogP contribution is 2.67. The van der Waals surface area contributed by atoms with Crippen LogP contribution < -0.4 is 0 Å². The third kappa shape index (κ3) is 2.79. The van der Waals surface area contributed by atoms with Gasteiger partial charge in [-0.1, -0.05) is 24.3 Å². The fourth-order valence-electron chi connectivity index (χ4n) is 1.60. The third-order valence-electron chi connectivity index (χ3n) is 2.41. The van der Waals surface area contributed by atoms with Gasteiger partial charge in [-0.25, -0.2) is 0 Å². The number of aryl methyl sites for hydroxylation is 1. The summed E-state index contributed by atoms with van der Waals surface area (Å²) in [6, 6.07) is 5.88. The van der Waals surface area contributed by atoms with Gasteiger partial charge in [0, 0.05) is 5.56 Å². The lowest BCUT2D eigenvalue weighted by Crippen LogP contribution is -2.19. The lowest BCUT2D eigenvalue weighted by molar-refractivity contribution is 0.0355. The van der Waals surface area contributed by atoms with Gasteiger partial charge in [0.05, 0.1) is 13.2 Å². The van der Waals surface area contributed by atoms with E-state index < -0.39 is 13.3 Å². The Morgan fingerprint density at radius 3 is 2.11 bits per heavy atom. The normalized spacial score (nSPS) is 12.7. The van der Waals surface area contributed by atoms with Crippen molar-refractivity contribution in [2.45, 2.75) is 26.4 Å². The van der Waals surface area contributed by atoms with Crippen LogP contribution in [-0.2, 0) is 19.3 Å². The van der Waals surface area contributed by atoms with E-state index >= 15 is 0 Å². The highest BCUT2D eigenvalue weighted by atomic mass is 31.2. The molecule has 0 aliphatic rings. The van der Waals surface area contributed by atoms with E-state index in [0.717, 1.165) is 0 Å². The maximum Gasteiger partial charge on any atom is 0.404 e. The van der Waals surface area contributed by atoms with Crippen LogP contribution in [0.4, 0.5) is 8.78 Å². The van der Waals surface area contributed by atoms with Crippen molar-refractivity contribution < 1.29 is 22.4 Å². The van der Waals surface area contributed by atoms with E-state index in [0.29, 0.717) is 5.56 Å². The van der Waals surface area contributed by atoms with Gasteiger partial charge in [-0.3, -0.25) is 4.57 Å². The quantitative estimate of drug-likeness (QED) is 0.727. The fraction of sp³-hybridized carbons (Fsp3) is 0.500. The van der Waals surface area contributed by atoms with Crippen LogP contribution in [-0.4, -0.2) is 13.2 Å². The molecule has 0 saturated heterocycles. The molecule has 0 bridgehead atoms. The smallest absolute Gasteiger partial charge is 0.304 e. The first-order valence-corrected chi connectivity index (χ1v) is 7.26. The predicted molar refractivity (Wildman–Crippen MR) is 65.9 cm³/mol. The van der Waals surface area contributed by atoms with Crippen LogP contribution in [0.15, 0.2) is 24.3 Å². The Bertz CT molecular complexity index is 439. The summed E-state index contributed by atoms with van der Waals surface area (Å²) < 4.78 is 50.3. The monoisotopic (exact) mass is 278 g/mol. The molecule has 0 saturated carbocycles. The lowest BCUT2D eigenvalue weighted by Gasteiger charge is -2.26. The standard InChI is InChI=1S/C12H17F2O3P/c1-4-16-18(15,17-5-2)12(13,14)11-9-7-6-8-10(11)3/h6-9H,4-5H2,1-3H3. The summed E-state index contributed by atoms with van der Waals surface area (Å²) in [4.78, 5) is 0. The van der Waals surface area contributed by atoms with Gasteiger partial charge in [0.15, 0.2) is 0 Å². The Morgan fingerprint density at radius 1 is 1.17 bits per heavy atom. The topological polar surface area (TPSA) is 35.5 Å². The summed E-state index contributed by atoms with van der Waals surface area (Å²) in [5, 5.41) is 0. The zero-order valence-corrected chi connectivity index (χ0v) is 11.5. The Labute approximate surface area is 106 Å². The SMILES string of the molecule is CCOP(=O)(OCC)C(F)(F)c1ccccc1C. The number of alkyl halides is 2. The molecule has 1 aromatic carbocycles. The van der Waals surface area contributed by atoms with Crippen LogP contribution in [0.2, 0.25) is 0 Å². The van der Waals surface area contributed by atoms with Gasteiger partial charge < -0.3 is 9.05 Å². The summed E-state index contributed by atoms with van der Waals surface area (Å²) in [5.41, 5.74) is -3.62. The van der Waals surface area contributed by atoms with Gasteiger partial charge >= 0.3 is 13.3 Å². The van der Waals surface area contributed by atoms with Crippen LogP contribution in [0.25, 0.3) is 0 Å². The molecule has 0 amide bonds. The van der Waals surface area contributed by atoms with Crippen molar-refractivity contribution in [1.29, 1.82) is 0 Å². The van der Waals surface area contributed by atoms with E-state index in [4.69, 9.17) is 9.05 Å². The van der Waals surface area contributed by atoms with Crippen molar-refractivity contribution in [1.82, 2.24) is 0 Å². The lowest BCUT2D eigenvalue weighted by atomic mass is 10.1. The number of rotatable bonds is 6. The van der Waals surface area contributed by atoms with E-state index in [1.807, 2.05) is 0 Å². The number of hydrogen-bond donors (Lipinski definition) is 0. The number of hydrogen-bond acceptors (Lipinski definition) is 3. The summed E-state index contributed by atoms with van der Waals surface area (Å²) in [6.07, 6.45) is 0. The van der Waals surface area contributed by atoms with Gasteiger partial charge in [0.25, 0.3) is 0 Å². The first-order chi connectivity index (χ1) is 8.39. The molecule has 0 aliphatic heterocycles. The van der Waals surface area contributed by atoms with Crippen LogP contribution in [0.3, 0.4) is 0 Å².